The molecule has 0 amide bonds. The predicted molar refractivity (Wildman–Crippen MR) is 88.2 cm³/mol. The molecule has 0 bridgehead atoms. The number of benzene rings is 1. The molecule has 0 saturated heterocycles. The Hall–Kier alpha value is -0.850. The molecule has 5 nitrogen and oxygen atoms in total. The van der Waals surface area contributed by atoms with Gasteiger partial charge in [-0.15, -0.1) is 0 Å². The number of nitrogens with zero attached hydrogens (tertiary/aromatic N) is 1. The molecule has 1 N–H and O–H groups in total. The lowest BCUT2D eigenvalue weighted by Crippen LogP contribution is -2.39. The molecule has 0 fully saturated rings. The van der Waals surface area contributed by atoms with E-state index in [9.17, 15) is 10.1 Å². The average molecular weight is 380 g/mol. The van der Waals surface area contributed by atoms with Crippen LogP contribution in [0.2, 0.25) is 5.02 Å². The number of halogens is 2. The topological polar surface area (TPSA) is 64.4 Å². The second-order valence-corrected chi connectivity index (χ2v) is 7.33. The van der Waals surface area contributed by atoms with Crippen molar-refractivity contribution < 1.29 is 9.66 Å². The summed E-state index contributed by atoms with van der Waals surface area (Å²) in [4.78, 5) is 10.6. The van der Waals surface area contributed by atoms with Crippen molar-refractivity contribution in [2.45, 2.75) is 33.2 Å². The van der Waals surface area contributed by atoms with E-state index in [1.807, 2.05) is 6.92 Å². The fraction of sp³-hybridized carbons (Fsp3) is 0.571. The molecular weight excluding hydrogens is 360 g/mol. The lowest BCUT2D eigenvalue weighted by molar-refractivity contribution is -0.386. The van der Waals surface area contributed by atoms with Crippen LogP contribution < -0.4 is 10.1 Å². The van der Waals surface area contributed by atoms with Crippen molar-refractivity contribution in [1.29, 1.82) is 0 Å². The first-order valence-electron chi connectivity index (χ1n) is 6.61. The van der Waals surface area contributed by atoms with Crippen LogP contribution in [0.4, 0.5) is 5.69 Å². The van der Waals surface area contributed by atoms with Crippen molar-refractivity contribution in [3.05, 3.63) is 31.7 Å². The van der Waals surface area contributed by atoms with Gasteiger partial charge in [-0.3, -0.25) is 10.1 Å². The summed E-state index contributed by atoms with van der Waals surface area (Å²) in [6.07, 6.45) is 0. The first kappa shape index (κ1) is 18.2. The Balaban J connectivity index is 2.73. The van der Waals surface area contributed by atoms with E-state index in [4.69, 9.17) is 16.3 Å². The van der Waals surface area contributed by atoms with Gasteiger partial charge in [-0.05, 0) is 42.8 Å². The van der Waals surface area contributed by atoms with Crippen LogP contribution in [-0.4, -0.2) is 23.6 Å². The molecule has 0 aliphatic carbocycles. The Morgan fingerprint density at radius 2 is 2.10 bits per heavy atom. The highest BCUT2D eigenvalue weighted by Crippen LogP contribution is 2.38. The molecule has 1 unspecified atom stereocenters. The lowest BCUT2D eigenvalue weighted by Gasteiger charge is -2.23. The Kier molecular flexibility index (Phi) is 6.43. The highest BCUT2D eigenvalue weighted by Gasteiger charge is 2.21. The third-order valence-corrected chi connectivity index (χ3v) is 3.49. The Labute approximate surface area is 138 Å². The summed E-state index contributed by atoms with van der Waals surface area (Å²) < 4.78 is 6.11. The van der Waals surface area contributed by atoms with Gasteiger partial charge in [0.2, 0.25) is 5.75 Å². The van der Waals surface area contributed by atoms with Crippen LogP contribution in [0.15, 0.2) is 16.6 Å². The lowest BCUT2D eigenvalue weighted by atomic mass is 10.1. The first-order chi connectivity index (χ1) is 9.60. The van der Waals surface area contributed by atoms with Gasteiger partial charge in [0, 0.05) is 29.1 Å². The quantitative estimate of drug-likeness (QED) is 0.587. The number of nitrogens with one attached hydrogen (secondary N) is 1. The minimum absolute atomic E-state index is 0.0289. The number of ether oxygens (including phenoxy) is 1. The fourth-order valence-electron chi connectivity index (χ4n) is 1.59. The van der Waals surface area contributed by atoms with E-state index in [0.29, 0.717) is 16.1 Å². The van der Waals surface area contributed by atoms with Crippen molar-refractivity contribution in [2.75, 3.05) is 13.2 Å². The van der Waals surface area contributed by atoms with Gasteiger partial charge in [0.1, 0.15) is 0 Å². The summed E-state index contributed by atoms with van der Waals surface area (Å²) in [7, 11) is 0. The van der Waals surface area contributed by atoms with Gasteiger partial charge in [0.15, 0.2) is 0 Å². The van der Waals surface area contributed by atoms with Crippen LogP contribution in [0.5, 0.6) is 5.75 Å². The number of rotatable bonds is 6. The van der Waals surface area contributed by atoms with Crippen LogP contribution in [0.25, 0.3) is 0 Å². The summed E-state index contributed by atoms with van der Waals surface area (Å²) in [5.74, 6) is 0.429. The van der Waals surface area contributed by atoms with Crippen molar-refractivity contribution in [3.63, 3.8) is 0 Å². The van der Waals surface area contributed by atoms with E-state index >= 15 is 0 Å². The van der Waals surface area contributed by atoms with Gasteiger partial charge in [-0.25, -0.2) is 0 Å². The van der Waals surface area contributed by atoms with E-state index < -0.39 is 4.92 Å². The largest absolute Gasteiger partial charge is 0.486 e. The summed E-state index contributed by atoms with van der Waals surface area (Å²) in [6, 6.07) is 2.88. The molecule has 21 heavy (non-hydrogen) atoms. The van der Waals surface area contributed by atoms with E-state index in [1.54, 1.807) is 6.07 Å². The van der Waals surface area contributed by atoms with E-state index in [-0.39, 0.29) is 22.9 Å². The monoisotopic (exact) mass is 378 g/mol. The Morgan fingerprint density at radius 3 is 2.62 bits per heavy atom. The van der Waals surface area contributed by atoms with E-state index in [1.165, 1.54) is 6.07 Å². The van der Waals surface area contributed by atoms with Gasteiger partial charge < -0.3 is 10.1 Å². The fourth-order valence-corrected chi connectivity index (χ4v) is 2.50. The molecule has 0 heterocycles. The van der Waals surface area contributed by atoms with Crippen LogP contribution >= 0.6 is 27.5 Å². The van der Waals surface area contributed by atoms with Crippen LogP contribution in [0, 0.1) is 16.0 Å². The maximum absolute atomic E-state index is 11.1. The molecule has 118 valence electrons. The molecule has 0 aliphatic heterocycles. The second-order valence-electron chi connectivity index (χ2n) is 6.04. The van der Waals surface area contributed by atoms with Crippen molar-refractivity contribution in [2.24, 2.45) is 5.92 Å². The first-order valence-corrected chi connectivity index (χ1v) is 7.78. The predicted octanol–water partition coefficient (Wildman–Crippen LogP) is 4.41. The highest BCUT2D eigenvalue weighted by molar-refractivity contribution is 9.10. The van der Waals surface area contributed by atoms with Gasteiger partial charge in [0.05, 0.1) is 16.0 Å². The highest BCUT2D eigenvalue weighted by atomic mass is 79.9. The zero-order valence-corrected chi connectivity index (χ0v) is 14.9. The van der Waals surface area contributed by atoms with Gasteiger partial charge >= 0.3 is 5.69 Å². The van der Waals surface area contributed by atoms with E-state index in [2.05, 4.69) is 42.0 Å². The molecule has 1 atom stereocenters. The molecule has 0 aromatic heterocycles. The van der Waals surface area contributed by atoms with Gasteiger partial charge in [-0.1, -0.05) is 18.5 Å². The zero-order valence-electron chi connectivity index (χ0n) is 12.6. The number of hydrogen-bond acceptors (Lipinski definition) is 4. The molecule has 0 aliphatic rings. The molecule has 1 aromatic carbocycles. The summed E-state index contributed by atoms with van der Waals surface area (Å²) in [5.41, 5.74) is -0.105. The molecular formula is C14H20BrClN2O3. The van der Waals surface area contributed by atoms with Crippen molar-refractivity contribution >= 4 is 33.2 Å². The second kappa shape index (κ2) is 7.42. The normalized spacial score (nSPS) is 13.0. The van der Waals surface area contributed by atoms with Gasteiger partial charge in [0.25, 0.3) is 0 Å². The van der Waals surface area contributed by atoms with E-state index in [0.717, 1.165) is 6.54 Å². The maximum atomic E-state index is 11.1. The molecule has 7 heteroatoms. The Morgan fingerprint density at radius 1 is 1.48 bits per heavy atom. The minimum atomic E-state index is -0.496. The van der Waals surface area contributed by atoms with Crippen LogP contribution in [0.3, 0.4) is 0 Å². The molecule has 0 radical (unpaired) electrons. The third-order valence-electron chi connectivity index (χ3n) is 2.68. The van der Waals surface area contributed by atoms with Gasteiger partial charge in [-0.2, -0.15) is 0 Å². The molecule has 0 spiro atoms. The molecule has 1 aromatic rings. The summed E-state index contributed by atoms with van der Waals surface area (Å²) in [5, 5.41) is 14.7. The van der Waals surface area contributed by atoms with Crippen LogP contribution in [-0.2, 0) is 0 Å². The standard InChI is InChI=1S/C14H20BrClN2O3/c1-9(7-17-14(2,3)4)8-21-13-11(15)5-10(16)6-12(13)18(19)20/h5-6,9,17H,7-8H2,1-4H3. The minimum Gasteiger partial charge on any atom is -0.486 e. The van der Waals surface area contributed by atoms with Crippen molar-refractivity contribution in [1.82, 2.24) is 5.32 Å². The number of nitro benzene ring substituents is 1. The molecule has 1 rings (SSSR count). The number of hydrogen-bond donors (Lipinski definition) is 1. The maximum Gasteiger partial charge on any atom is 0.313 e. The SMILES string of the molecule is CC(CNC(C)(C)C)COc1c(Br)cc(Cl)cc1[N+](=O)[O-]. The van der Waals surface area contributed by atoms with Crippen LogP contribution in [0.1, 0.15) is 27.7 Å². The van der Waals surface area contributed by atoms with Crippen molar-refractivity contribution in [3.8, 4) is 5.75 Å². The Bertz CT molecular complexity index is 518. The number of nitro groups is 1. The molecule has 0 saturated carbocycles. The third kappa shape index (κ3) is 6.20. The summed E-state index contributed by atoms with van der Waals surface area (Å²) >= 11 is 9.09. The average Bonchev–Trinajstić information content (AvgIpc) is 2.33. The summed E-state index contributed by atoms with van der Waals surface area (Å²) in [6.45, 7) is 9.42. The zero-order chi connectivity index (χ0) is 16.2. The smallest absolute Gasteiger partial charge is 0.313 e.